The Balaban J connectivity index is 1.76. The van der Waals surface area contributed by atoms with Crippen LogP contribution in [-0.4, -0.2) is 30.4 Å². The van der Waals surface area contributed by atoms with E-state index >= 15 is 0 Å². The quantitative estimate of drug-likeness (QED) is 0.861. The van der Waals surface area contributed by atoms with E-state index in [9.17, 15) is 4.79 Å². The smallest absolute Gasteiger partial charge is 0.241 e. The molecule has 0 spiro atoms. The highest BCUT2D eigenvalue weighted by atomic mass is 16.2. The number of unbranched alkanes of at least 4 members (excludes halogenated alkanes) is 1. The van der Waals surface area contributed by atoms with Gasteiger partial charge in [0, 0.05) is 18.8 Å². The molecule has 0 aromatic heterocycles. The number of amides is 1. The predicted octanol–water partition coefficient (Wildman–Crippen LogP) is 3.45. The van der Waals surface area contributed by atoms with Crippen molar-refractivity contribution in [3.05, 3.63) is 29.8 Å². The van der Waals surface area contributed by atoms with Gasteiger partial charge in [0.2, 0.25) is 5.91 Å². The lowest BCUT2D eigenvalue weighted by Crippen LogP contribution is -2.39. The van der Waals surface area contributed by atoms with Crippen LogP contribution < -0.4 is 5.32 Å². The van der Waals surface area contributed by atoms with E-state index in [2.05, 4.69) is 36.5 Å². The molecule has 110 valence electrons. The highest BCUT2D eigenvalue weighted by Crippen LogP contribution is 2.12. The Morgan fingerprint density at radius 2 is 1.85 bits per heavy atom. The fourth-order valence-corrected chi connectivity index (χ4v) is 2.60. The Hall–Kier alpha value is -1.51. The predicted molar refractivity (Wildman–Crippen MR) is 84.0 cm³/mol. The number of nitrogens with one attached hydrogen (secondary N) is 1. The SMILES string of the molecule is CCCCc1ccc(NCC(=O)N2CCCCC2)cc1. The molecule has 1 aliphatic heterocycles. The van der Waals surface area contributed by atoms with Crippen LogP contribution >= 0.6 is 0 Å². The van der Waals surface area contributed by atoms with Crippen LogP contribution in [0.2, 0.25) is 0 Å². The molecule has 1 fully saturated rings. The Morgan fingerprint density at radius 3 is 2.50 bits per heavy atom. The highest BCUT2D eigenvalue weighted by Gasteiger charge is 2.15. The Bertz CT molecular complexity index is 408. The van der Waals surface area contributed by atoms with E-state index < -0.39 is 0 Å². The Labute approximate surface area is 122 Å². The average Bonchev–Trinajstić information content (AvgIpc) is 2.52. The first-order valence-electron chi connectivity index (χ1n) is 7.90. The summed E-state index contributed by atoms with van der Waals surface area (Å²) in [6.07, 6.45) is 7.17. The number of likely N-dealkylation sites (tertiary alicyclic amines) is 1. The summed E-state index contributed by atoms with van der Waals surface area (Å²) >= 11 is 0. The summed E-state index contributed by atoms with van der Waals surface area (Å²) in [5.74, 6) is 0.222. The first kappa shape index (κ1) is 14.9. The van der Waals surface area contributed by atoms with Gasteiger partial charge in [-0.05, 0) is 49.8 Å². The van der Waals surface area contributed by atoms with Gasteiger partial charge in [-0.3, -0.25) is 4.79 Å². The lowest BCUT2D eigenvalue weighted by Gasteiger charge is -2.26. The van der Waals surface area contributed by atoms with Gasteiger partial charge in [-0.15, -0.1) is 0 Å². The minimum atomic E-state index is 0.222. The summed E-state index contributed by atoms with van der Waals surface area (Å²) in [6, 6.07) is 8.47. The number of rotatable bonds is 6. The molecule has 0 atom stereocenters. The number of anilines is 1. The van der Waals surface area contributed by atoms with Crippen molar-refractivity contribution >= 4 is 11.6 Å². The van der Waals surface area contributed by atoms with Crippen molar-refractivity contribution < 1.29 is 4.79 Å². The van der Waals surface area contributed by atoms with Gasteiger partial charge >= 0.3 is 0 Å². The molecule has 20 heavy (non-hydrogen) atoms. The molecule has 0 aliphatic carbocycles. The third-order valence-corrected chi connectivity index (χ3v) is 3.93. The highest BCUT2D eigenvalue weighted by molar-refractivity contribution is 5.80. The topological polar surface area (TPSA) is 32.3 Å². The van der Waals surface area contributed by atoms with Gasteiger partial charge in [0.1, 0.15) is 0 Å². The van der Waals surface area contributed by atoms with Crippen molar-refractivity contribution in [3.8, 4) is 0 Å². The van der Waals surface area contributed by atoms with Gasteiger partial charge in [0.15, 0.2) is 0 Å². The number of hydrogen-bond donors (Lipinski definition) is 1. The maximum atomic E-state index is 12.0. The molecule has 3 heteroatoms. The lowest BCUT2D eigenvalue weighted by atomic mass is 10.1. The standard InChI is InChI=1S/C17H26N2O/c1-2-3-7-15-8-10-16(11-9-15)18-14-17(20)19-12-5-4-6-13-19/h8-11,18H,2-7,12-14H2,1H3. The number of carbonyl (C=O) groups is 1. The summed E-state index contributed by atoms with van der Waals surface area (Å²) in [7, 11) is 0. The zero-order chi connectivity index (χ0) is 14.2. The van der Waals surface area contributed by atoms with Crippen LogP contribution in [0.5, 0.6) is 0 Å². The molecular formula is C17H26N2O. The average molecular weight is 274 g/mol. The van der Waals surface area contributed by atoms with Gasteiger partial charge in [0.25, 0.3) is 0 Å². The van der Waals surface area contributed by atoms with Crippen LogP contribution in [0, 0.1) is 0 Å². The summed E-state index contributed by atoms with van der Waals surface area (Å²) < 4.78 is 0. The number of carbonyl (C=O) groups excluding carboxylic acids is 1. The Morgan fingerprint density at radius 1 is 1.15 bits per heavy atom. The number of hydrogen-bond acceptors (Lipinski definition) is 2. The van der Waals surface area contributed by atoms with Gasteiger partial charge in [0.05, 0.1) is 6.54 Å². The summed E-state index contributed by atoms with van der Waals surface area (Å²) in [4.78, 5) is 14.0. The van der Waals surface area contributed by atoms with E-state index in [1.54, 1.807) is 0 Å². The van der Waals surface area contributed by atoms with E-state index in [1.165, 1.54) is 24.8 Å². The second kappa shape index (κ2) is 7.93. The number of piperidine rings is 1. The molecule has 0 saturated carbocycles. The van der Waals surface area contributed by atoms with Crippen molar-refractivity contribution in [1.82, 2.24) is 4.90 Å². The second-order valence-electron chi connectivity index (χ2n) is 5.60. The van der Waals surface area contributed by atoms with Crippen LogP contribution in [0.4, 0.5) is 5.69 Å². The monoisotopic (exact) mass is 274 g/mol. The van der Waals surface area contributed by atoms with Crippen molar-refractivity contribution in [2.45, 2.75) is 45.4 Å². The van der Waals surface area contributed by atoms with Gasteiger partial charge in [-0.25, -0.2) is 0 Å². The van der Waals surface area contributed by atoms with Crippen LogP contribution in [0.3, 0.4) is 0 Å². The first-order valence-corrected chi connectivity index (χ1v) is 7.90. The molecule has 1 amide bonds. The van der Waals surface area contributed by atoms with Crippen molar-refractivity contribution in [2.75, 3.05) is 25.0 Å². The summed E-state index contributed by atoms with van der Waals surface area (Å²) in [6.45, 7) is 4.48. The third kappa shape index (κ3) is 4.55. The van der Waals surface area contributed by atoms with Crippen LogP contribution in [0.15, 0.2) is 24.3 Å². The van der Waals surface area contributed by atoms with E-state index in [0.717, 1.165) is 38.0 Å². The van der Waals surface area contributed by atoms with Gasteiger partial charge < -0.3 is 10.2 Å². The lowest BCUT2D eigenvalue weighted by molar-refractivity contribution is -0.130. The zero-order valence-corrected chi connectivity index (χ0v) is 12.5. The fraction of sp³-hybridized carbons (Fsp3) is 0.588. The molecule has 0 unspecified atom stereocenters. The third-order valence-electron chi connectivity index (χ3n) is 3.93. The molecule has 1 saturated heterocycles. The largest absolute Gasteiger partial charge is 0.376 e. The molecule has 1 aromatic rings. The van der Waals surface area contributed by atoms with Crippen LogP contribution in [-0.2, 0) is 11.2 Å². The van der Waals surface area contributed by atoms with Gasteiger partial charge in [-0.1, -0.05) is 25.5 Å². The molecule has 0 bridgehead atoms. The normalized spacial score (nSPS) is 15.2. The van der Waals surface area contributed by atoms with E-state index in [1.807, 2.05) is 4.90 Å². The Kier molecular flexibility index (Phi) is 5.90. The minimum absolute atomic E-state index is 0.222. The molecule has 1 heterocycles. The van der Waals surface area contributed by atoms with E-state index in [0.29, 0.717) is 6.54 Å². The summed E-state index contributed by atoms with van der Waals surface area (Å²) in [5.41, 5.74) is 2.41. The minimum Gasteiger partial charge on any atom is -0.376 e. The molecule has 1 N–H and O–H groups in total. The number of aryl methyl sites for hydroxylation is 1. The summed E-state index contributed by atoms with van der Waals surface area (Å²) in [5, 5.41) is 3.23. The molecule has 2 rings (SSSR count). The molecule has 1 aliphatic rings. The maximum absolute atomic E-state index is 12.0. The molecular weight excluding hydrogens is 248 g/mol. The fourth-order valence-electron chi connectivity index (χ4n) is 2.60. The number of benzene rings is 1. The molecule has 1 aromatic carbocycles. The van der Waals surface area contributed by atoms with Crippen LogP contribution in [0.25, 0.3) is 0 Å². The van der Waals surface area contributed by atoms with Crippen LogP contribution in [0.1, 0.15) is 44.6 Å². The molecule has 0 radical (unpaired) electrons. The van der Waals surface area contributed by atoms with E-state index in [4.69, 9.17) is 0 Å². The van der Waals surface area contributed by atoms with Crippen molar-refractivity contribution in [1.29, 1.82) is 0 Å². The maximum Gasteiger partial charge on any atom is 0.241 e. The van der Waals surface area contributed by atoms with Gasteiger partial charge in [-0.2, -0.15) is 0 Å². The molecule has 3 nitrogen and oxygen atoms in total. The zero-order valence-electron chi connectivity index (χ0n) is 12.5. The number of nitrogens with zero attached hydrogens (tertiary/aromatic N) is 1. The second-order valence-corrected chi connectivity index (χ2v) is 5.60. The van der Waals surface area contributed by atoms with E-state index in [-0.39, 0.29) is 5.91 Å². The van der Waals surface area contributed by atoms with Crippen molar-refractivity contribution in [3.63, 3.8) is 0 Å². The van der Waals surface area contributed by atoms with Crippen molar-refractivity contribution in [2.24, 2.45) is 0 Å². The first-order chi connectivity index (χ1) is 9.79.